The van der Waals surface area contributed by atoms with Crippen LogP contribution in [0.3, 0.4) is 0 Å². The average molecular weight is 263 g/mol. The first-order chi connectivity index (χ1) is 9.08. The molecule has 0 aromatic heterocycles. The fraction of sp³-hybridized carbons (Fsp3) is 0.533. The molecule has 0 unspecified atom stereocenters. The molecule has 19 heavy (non-hydrogen) atoms. The van der Waals surface area contributed by atoms with E-state index < -0.39 is 5.82 Å². The Morgan fingerprint density at radius 3 is 2.74 bits per heavy atom. The molecule has 0 spiro atoms. The number of hydrogen-bond acceptors (Lipinski definition) is 2. The van der Waals surface area contributed by atoms with E-state index in [2.05, 4.69) is 0 Å². The summed E-state index contributed by atoms with van der Waals surface area (Å²) in [5.41, 5.74) is 1.05. The zero-order valence-corrected chi connectivity index (χ0v) is 11.3. The van der Waals surface area contributed by atoms with Crippen molar-refractivity contribution < 1.29 is 13.9 Å². The summed E-state index contributed by atoms with van der Waals surface area (Å²) in [4.78, 5) is 14.1. The van der Waals surface area contributed by atoms with Crippen molar-refractivity contribution in [1.82, 2.24) is 4.90 Å². The zero-order valence-electron chi connectivity index (χ0n) is 11.3. The first-order valence-corrected chi connectivity index (χ1v) is 6.85. The van der Waals surface area contributed by atoms with E-state index >= 15 is 0 Å². The molecule has 1 fully saturated rings. The quantitative estimate of drug-likeness (QED) is 0.821. The van der Waals surface area contributed by atoms with Gasteiger partial charge in [0.05, 0.1) is 6.54 Å². The SMILES string of the molecule is CC(C)N1CCOc2cc(C3CC3)cc(F)c2C1=O. The zero-order chi connectivity index (χ0) is 13.6. The van der Waals surface area contributed by atoms with Crippen molar-refractivity contribution in [2.45, 2.75) is 38.6 Å². The van der Waals surface area contributed by atoms with Gasteiger partial charge in [-0.3, -0.25) is 4.79 Å². The molecule has 0 bridgehead atoms. The fourth-order valence-corrected chi connectivity index (χ4v) is 2.57. The highest BCUT2D eigenvalue weighted by molar-refractivity contribution is 5.97. The lowest BCUT2D eigenvalue weighted by Crippen LogP contribution is -2.38. The minimum absolute atomic E-state index is 0.0459. The Hall–Kier alpha value is -1.58. The summed E-state index contributed by atoms with van der Waals surface area (Å²) in [6.07, 6.45) is 2.20. The predicted molar refractivity (Wildman–Crippen MR) is 70.0 cm³/mol. The smallest absolute Gasteiger partial charge is 0.260 e. The summed E-state index contributed by atoms with van der Waals surface area (Å²) in [5, 5.41) is 0. The third kappa shape index (κ3) is 2.20. The van der Waals surface area contributed by atoms with Gasteiger partial charge in [-0.05, 0) is 50.3 Å². The third-order valence-electron chi connectivity index (χ3n) is 3.81. The van der Waals surface area contributed by atoms with E-state index in [1.54, 1.807) is 4.90 Å². The van der Waals surface area contributed by atoms with Gasteiger partial charge in [-0.15, -0.1) is 0 Å². The van der Waals surface area contributed by atoms with Crippen LogP contribution in [0.2, 0.25) is 0 Å². The summed E-state index contributed by atoms with van der Waals surface area (Å²) in [6.45, 7) is 4.78. The second-order valence-electron chi connectivity index (χ2n) is 5.59. The lowest BCUT2D eigenvalue weighted by atomic mass is 10.0. The number of amides is 1. The number of fused-ring (bicyclic) bond motifs is 1. The van der Waals surface area contributed by atoms with Crippen molar-refractivity contribution >= 4 is 5.91 Å². The van der Waals surface area contributed by atoms with Crippen LogP contribution < -0.4 is 4.74 Å². The van der Waals surface area contributed by atoms with Crippen LogP contribution in [0.5, 0.6) is 5.75 Å². The number of rotatable bonds is 2. The van der Waals surface area contributed by atoms with Crippen LogP contribution in [0.25, 0.3) is 0 Å². The molecule has 3 nitrogen and oxygen atoms in total. The molecule has 2 aliphatic rings. The molecular formula is C15H18FNO2. The molecule has 1 aromatic rings. The Balaban J connectivity index is 2.04. The highest BCUT2D eigenvalue weighted by Crippen LogP contribution is 2.42. The number of carbonyl (C=O) groups is 1. The number of halogens is 1. The Kier molecular flexibility index (Phi) is 2.96. The van der Waals surface area contributed by atoms with E-state index in [1.165, 1.54) is 6.07 Å². The molecule has 1 aliphatic carbocycles. The molecule has 4 heteroatoms. The predicted octanol–water partition coefficient (Wildman–Crippen LogP) is 2.95. The summed E-state index contributed by atoms with van der Waals surface area (Å²) in [5.74, 6) is 0.150. The lowest BCUT2D eigenvalue weighted by Gasteiger charge is -2.24. The number of carbonyl (C=O) groups excluding carboxylic acids is 1. The van der Waals surface area contributed by atoms with Gasteiger partial charge in [-0.1, -0.05) is 0 Å². The fourth-order valence-electron chi connectivity index (χ4n) is 2.57. The number of benzene rings is 1. The molecule has 1 heterocycles. The summed E-state index contributed by atoms with van der Waals surface area (Å²) < 4.78 is 19.9. The third-order valence-corrected chi connectivity index (χ3v) is 3.81. The summed E-state index contributed by atoms with van der Waals surface area (Å²) in [7, 11) is 0. The molecule has 1 aromatic carbocycles. The maximum Gasteiger partial charge on any atom is 0.260 e. The van der Waals surface area contributed by atoms with Crippen molar-refractivity contribution in [3.8, 4) is 5.75 Å². The van der Waals surface area contributed by atoms with E-state index in [4.69, 9.17) is 4.74 Å². The van der Waals surface area contributed by atoms with Crippen LogP contribution in [-0.2, 0) is 0 Å². The maximum atomic E-state index is 14.3. The second-order valence-corrected chi connectivity index (χ2v) is 5.59. The van der Waals surface area contributed by atoms with Gasteiger partial charge in [0.2, 0.25) is 0 Å². The second kappa shape index (κ2) is 4.51. The molecular weight excluding hydrogens is 245 g/mol. The van der Waals surface area contributed by atoms with E-state index in [-0.39, 0.29) is 17.5 Å². The lowest BCUT2D eigenvalue weighted by molar-refractivity contribution is 0.0700. The Bertz CT molecular complexity index is 523. The molecule has 0 atom stereocenters. The van der Waals surface area contributed by atoms with Gasteiger partial charge in [-0.25, -0.2) is 4.39 Å². The normalized spacial score (nSPS) is 19.2. The van der Waals surface area contributed by atoms with Crippen molar-refractivity contribution in [3.05, 3.63) is 29.1 Å². The van der Waals surface area contributed by atoms with Gasteiger partial charge < -0.3 is 9.64 Å². The molecule has 0 radical (unpaired) electrons. The Morgan fingerprint density at radius 2 is 2.11 bits per heavy atom. The molecule has 1 saturated carbocycles. The van der Waals surface area contributed by atoms with Crippen LogP contribution in [0.4, 0.5) is 4.39 Å². The minimum Gasteiger partial charge on any atom is -0.491 e. The highest BCUT2D eigenvalue weighted by Gasteiger charge is 2.31. The van der Waals surface area contributed by atoms with Gasteiger partial charge >= 0.3 is 0 Å². The molecule has 0 saturated heterocycles. The van der Waals surface area contributed by atoms with Crippen molar-refractivity contribution in [2.75, 3.05) is 13.2 Å². The molecule has 3 rings (SSSR count). The number of nitrogens with zero attached hydrogens (tertiary/aromatic N) is 1. The Morgan fingerprint density at radius 1 is 1.37 bits per heavy atom. The van der Waals surface area contributed by atoms with Crippen LogP contribution in [0, 0.1) is 5.82 Å². The standard InChI is InChI=1S/C15H18FNO2/c1-9(2)17-5-6-19-13-8-11(10-3-4-10)7-12(16)14(13)15(17)18/h7-10H,3-6H2,1-2H3. The molecule has 1 aliphatic heterocycles. The number of hydrogen-bond donors (Lipinski definition) is 0. The summed E-state index contributed by atoms with van der Waals surface area (Å²) in [6, 6.07) is 3.39. The van der Waals surface area contributed by atoms with Crippen LogP contribution >= 0.6 is 0 Å². The molecule has 102 valence electrons. The summed E-state index contributed by atoms with van der Waals surface area (Å²) >= 11 is 0. The van der Waals surface area contributed by atoms with Crippen LogP contribution in [0.1, 0.15) is 48.5 Å². The van der Waals surface area contributed by atoms with Gasteiger partial charge in [-0.2, -0.15) is 0 Å². The van der Waals surface area contributed by atoms with Crippen molar-refractivity contribution in [3.63, 3.8) is 0 Å². The van der Waals surface area contributed by atoms with Gasteiger partial charge in [0.15, 0.2) is 0 Å². The maximum absolute atomic E-state index is 14.3. The van der Waals surface area contributed by atoms with Crippen molar-refractivity contribution in [1.29, 1.82) is 0 Å². The molecule has 1 amide bonds. The van der Waals surface area contributed by atoms with Gasteiger partial charge in [0.1, 0.15) is 23.7 Å². The van der Waals surface area contributed by atoms with Crippen LogP contribution in [0.15, 0.2) is 12.1 Å². The topological polar surface area (TPSA) is 29.5 Å². The highest BCUT2D eigenvalue weighted by atomic mass is 19.1. The number of ether oxygens (including phenoxy) is 1. The first-order valence-electron chi connectivity index (χ1n) is 6.85. The molecule has 0 N–H and O–H groups in total. The van der Waals surface area contributed by atoms with E-state index in [9.17, 15) is 9.18 Å². The van der Waals surface area contributed by atoms with E-state index in [1.807, 2.05) is 19.9 Å². The van der Waals surface area contributed by atoms with Crippen molar-refractivity contribution in [2.24, 2.45) is 0 Å². The monoisotopic (exact) mass is 263 g/mol. The van der Waals surface area contributed by atoms with Gasteiger partial charge in [0.25, 0.3) is 5.91 Å². The van der Waals surface area contributed by atoms with Crippen LogP contribution in [-0.4, -0.2) is 30.0 Å². The minimum atomic E-state index is -0.447. The average Bonchev–Trinajstić information content (AvgIpc) is 3.15. The Labute approximate surface area is 112 Å². The van der Waals surface area contributed by atoms with E-state index in [0.29, 0.717) is 24.8 Å². The largest absolute Gasteiger partial charge is 0.491 e. The van der Waals surface area contributed by atoms with E-state index in [0.717, 1.165) is 18.4 Å². The first kappa shape index (κ1) is 12.5. The van der Waals surface area contributed by atoms with Gasteiger partial charge in [0, 0.05) is 6.04 Å².